The van der Waals surface area contributed by atoms with E-state index in [4.69, 9.17) is 9.57 Å². The average Bonchev–Trinajstić information content (AvgIpc) is 3.27. The van der Waals surface area contributed by atoms with E-state index in [1.54, 1.807) is 23.1 Å². The molecular formula is C20H19N5O3. The number of aliphatic imine (C=N–C) groups is 1. The predicted octanol–water partition coefficient (Wildman–Crippen LogP) is 2.08. The van der Waals surface area contributed by atoms with Crippen LogP contribution in [0, 0.1) is 6.92 Å². The first kappa shape index (κ1) is 17.9. The van der Waals surface area contributed by atoms with Gasteiger partial charge in [-0.05, 0) is 30.7 Å². The summed E-state index contributed by atoms with van der Waals surface area (Å²) in [4.78, 5) is 26.3. The maximum absolute atomic E-state index is 12.4. The first-order valence-corrected chi connectivity index (χ1v) is 8.85. The van der Waals surface area contributed by atoms with Gasteiger partial charge in [0.05, 0.1) is 17.8 Å². The first-order valence-electron chi connectivity index (χ1n) is 8.85. The second-order valence-electron chi connectivity index (χ2n) is 6.34. The molecular weight excluding hydrogens is 358 g/mol. The van der Waals surface area contributed by atoms with Gasteiger partial charge in [-0.15, -0.1) is 0 Å². The van der Waals surface area contributed by atoms with Crippen LogP contribution < -0.4 is 5.48 Å². The summed E-state index contributed by atoms with van der Waals surface area (Å²) < 4.78 is 7.03. The Hall–Kier alpha value is -3.52. The fourth-order valence-corrected chi connectivity index (χ4v) is 2.86. The molecule has 1 unspecified atom stereocenters. The maximum atomic E-state index is 12.4. The van der Waals surface area contributed by atoms with E-state index in [-0.39, 0.29) is 12.7 Å². The number of hydroxylamine groups is 1. The lowest BCUT2D eigenvalue weighted by atomic mass is 10.1. The summed E-state index contributed by atoms with van der Waals surface area (Å²) in [6.07, 6.45) is 2.73. The molecule has 0 amide bonds. The molecule has 1 aromatic heterocycles. The average molecular weight is 377 g/mol. The molecule has 0 spiro atoms. The van der Waals surface area contributed by atoms with Gasteiger partial charge in [0.2, 0.25) is 0 Å². The summed E-state index contributed by atoms with van der Waals surface area (Å²) in [5.41, 5.74) is 5.99. The smallest absolute Gasteiger partial charge is 0.338 e. The van der Waals surface area contributed by atoms with Gasteiger partial charge in [0, 0.05) is 5.56 Å². The summed E-state index contributed by atoms with van der Waals surface area (Å²) in [6.45, 7) is 2.43. The number of esters is 1. The van der Waals surface area contributed by atoms with Gasteiger partial charge in [0.1, 0.15) is 25.4 Å². The molecule has 142 valence electrons. The van der Waals surface area contributed by atoms with Gasteiger partial charge < -0.3 is 4.74 Å². The minimum Gasteiger partial charge on any atom is -0.459 e. The number of hydrogen-bond acceptors (Lipinski definition) is 7. The highest BCUT2D eigenvalue weighted by atomic mass is 16.7. The van der Waals surface area contributed by atoms with Crippen molar-refractivity contribution in [2.75, 3.05) is 13.2 Å². The van der Waals surface area contributed by atoms with Crippen molar-refractivity contribution in [2.24, 2.45) is 4.99 Å². The topological polar surface area (TPSA) is 90.6 Å². The summed E-state index contributed by atoms with van der Waals surface area (Å²) in [5, 5.41) is 4.10. The van der Waals surface area contributed by atoms with Gasteiger partial charge in [0.25, 0.3) is 0 Å². The van der Waals surface area contributed by atoms with Gasteiger partial charge in [0.15, 0.2) is 5.84 Å². The van der Waals surface area contributed by atoms with E-state index in [0.717, 1.165) is 16.8 Å². The molecule has 0 radical (unpaired) electrons. The Bertz CT molecular complexity index is 986. The molecule has 2 heterocycles. The maximum Gasteiger partial charge on any atom is 0.338 e. The Morgan fingerprint density at radius 2 is 2.14 bits per heavy atom. The van der Waals surface area contributed by atoms with Crippen LogP contribution in [-0.2, 0) is 9.57 Å². The number of benzene rings is 2. The van der Waals surface area contributed by atoms with Crippen LogP contribution in [0.5, 0.6) is 0 Å². The van der Waals surface area contributed by atoms with Crippen LogP contribution >= 0.6 is 0 Å². The van der Waals surface area contributed by atoms with Gasteiger partial charge in [-0.3, -0.25) is 9.83 Å². The number of aryl methyl sites for hydroxylation is 1. The zero-order valence-corrected chi connectivity index (χ0v) is 15.3. The molecule has 8 nitrogen and oxygen atoms in total. The fraction of sp³-hybridized carbons (Fsp3) is 0.200. The van der Waals surface area contributed by atoms with Crippen molar-refractivity contribution in [3.8, 4) is 5.69 Å². The number of amidine groups is 1. The van der Waals surface area contributed by atoms with Crippen molar-refractivity contribution in [1.29, 1.82) is 0 Å². The Balaban J connectivity index is 1.34. The number of rotatable bonds is 5. The highest BCUT2D eigenvalue weighted by Crippen LogP contribution is 2.16. The number of carbonyl (C=O) groups is 1. The fourth-order valence-electron chi connectivity index (χ4n) is 2.86. The predicted molar refractivity (Wildman–Crippen MR) is 102 cm³/mol. The number of hydrogen-bond donors (Lipinski definition) is 1. The van der Waals surface area contributed by atoms with E-state index < -0.39 is 5.97 Å². The molecule has 3 aromatic rings. The molecule has 0 aliphatic carbocycles. The van der Waals surface area contributed by atoms with Crippen molar-refractivity contribution in [1.82, 2.24) is 20.2 Å². The van der Waals surface area contributed by atoms with Crippen molar-refractivity contribution >= 4 is 11.8 Å². The van der Waals surface area contributed by atoms with Crippen LogP contribution in [0.25, 0.3) is 5.69 Å². The van der Waals surface area contributed by atoms with E-state index in [2.05, 4.69) is 20.6 Å². The number of aromatic nitrogens is 3. The van der Waals surface area contributed by atoms with Crippen molar-refractivity contribution < 1.29 is 14.4 Å². The molecule has 1 aliphatic heterocycles. The molecule has 0 bridgehead atoms. The van der Waals surface area contributed by atoms with Crippen molar-refractivity contribution in [3.05, 3.63) is 77.9 Å². The third-order valence-electron chi connectivity index (χ3n) is 4.32. The van der Waals surface area contributed by atoms with E-state index in [0.29, 0.717) is 17.9 Å². The van der Waals surface area contributed by atoms with Crippen molar-refractivity contribution in [2.45, 2.75) is 13.0 Å². The Morgan fingerprint density at radius 3 is 2.82 bits per heavy atom. The summed E-state index contributed by atoms with van der Waals surface area (Å²) in [7, 11) is 0. The van der Waals surface area contributed by atoms with Gasteiger partial charge in [-0.2, -0.15) is 5.10 Å². The number of ether oxygens (including phenoxy) is 1. The summed E-state index contributed by atoms with van der Waals surface area (Å²) in [5.74, 6) is 0.261. The van der Waals surface area contributed by atoms with E-state index in [1.165, 1.54) is 6.33 Å². The van der Waals surface area contributed by atoms with Crippen LogP contribution in [0.4, 0.5) is 0 Å². The molecule has 8 heteroatoms. The summed E-state index contributed by atoms with van der Waals surface area (Å²) >= 11 is 0. The van der Waals surface area contributed by atoms with Gasteiger partial charge in [-0.1, -0.05) is 30.3 Å². The molecule has 1 N–H and O–H groups in total. The highest BCUT2D eigenvalue weighted by molar-refractivity contribution is 5.98. The van der Waals surface area contributed by atoms with Crippen LogP contribution in [-0.4, -0.2) is 45.8 Å². The lowest BCUT2D eigenvalue weighted by Gasteiger charge is -2.22. The first-order chi connectivity index (χ1) is 13.7. The Labute approximate surface area is 161 Å². The van der Waals surface area contributed by atoms with E-state index >= 15 is 0 Å². The van der Waals surface area contributed by atoms with Crippen LogP contribution in [0.1, 0.15) is 21.5 Å². The third kappa shape index (κ3) is 3.91. The molecule has 0 saturated carbocycles. The van der Waals surface area contributed by atoms with Crippen LogP contribution in [0.15, 0.2) is 66.2 Å². The Morgan fingerprint density at radius 1 is 1.29 bits per heavy atom. The lowest BCUT2D eigenvalue weighted by molar-refractivity contribution is -0.0349. The third-order valence-corrected chi connectivity index (χ3v) is 4.32. The van der Waals surface area contributed by atoms with Crippen molar-refractivity contribution in [3.63, 3.8) is 0 Å². The minimum absolute atomic E-state index is 0.112. The Kier molecular flexibility index (Phi) is 5.11. The SMILES string of the molecule is Cc1cc(C(=O)OCC2CN=C(c3ccccc3)NO2)ccc1-n1cncn1. The lowest BCUT2D eigenvalue weighted by Crippen LogP contribution is -2.40. The molecule has 0 fully saturated rings. The van der Waals surface area contributed by atoms with Crippen LogP contribution in [0.2, 0.25) is 0 Å². The molecule has 0 saturated heterocycles. The molecule has 1 aliphatic rings. The van der Waals surface area contributed by atoms with Gasteiger partial charge in [-0.25, -0.2) is 19.9 Å². The van der Waals surface area contributed by atoms with Gasteiger partial charge >= 0.3 is 5.97 Å². The molecule has 28 heavy (non-hydrogen) atoms. The van der Waals surface area contributed by atoms with Crippen LogP contribution in [0.3, 0.4) is 0 Å². The number of nitrogens with one attached hydrogen (secondary N) is 1. The van der Waals surface area contributed by atoms with E-state index in [9.17, 15) is 4.79 Å². The molecule has 2 aromatic carbocycles. The second-order valence-corrected chi connectivity index (χ2v) is 6.34. The minimum atomic E-state index is -0.408. The highest BCUT2D eigenvalue weighted by Gasteiger charge is 2.20. The zero-order valence-electron chi connectivity index (χ0n) is 15.3. The van der Waals surface area contributed by atoms with E-state index in [1.807, 2.05) is 43.3 Å². The largest absolute Gasteiger partial charge is 0.459 e. The quantitative estimate of drug-likeness (QED) is 0.685. The monoisotopic (exact) mass is 377 g/mol. The zero-order chi connectivity index (χ0) is 19.3. The molecule has 1 atom stereocenters. The molecule has 4 rings (SSSR count). The normalized spacial score (nSPS) is 16.2. The standard InChI is InChI=1S/C20H19N5O3/c1-14-9-16(7-8-18(14)25-13-21-12-23-25)20(26)27-11-17-10-22-19(24-28-17)15-5-3-2-4-6-15/h2-9,12-13,17H,10-11H2,1H3,(H,22,24). The number of carbonyl (C=O) groups excluding carboxylic acids is 1. The number of nitrogens with zero attached hydrogens (tertiary/aromatic N) is 4. The summed E-state index contributed by atoms with van der Waals surface area (Å²) in [6, 6.07) is 15.0. The second kappa shape index (κ2) is 8.01.